The molecule has 3 aromatic heterocycles. The van der Waals surface area contributed by atoms with Crippen LogP contribution in [-0.2, 0) is 0 Å². The number of rotatable bonds is 4. The van der Waals surface area contributed by atoms with Crippen LogP contribution in [0.1, 0.15) is 16.6 Å². The molecule has 3 heterocycles. The molecule has 4 aromatic rings. The first-order valence-electron chi connectivity index (χ1n) is 7.46. The van der Waals surface area contributed by atoms with Crippen molar-refractivity contribution in [2.45, 2.75) is 6.04 Å². The molecular formula is C18H14N4OS. The van der Waals surface area contributed by atoms with E-state index in [9.17, 15) is 5.11 Å². The highest BCUT2D eigenvalue weighted by Crippen LogP contribution is 2.36. The number of aromatic hydroxyl groups is 1. The zero-order chi connectivity index (χ0) is 16.4. The standard InChI is InChI=1S/C18H14N4OS/c23-17-13(7-6-12-4-3-9-20-15(12)17)16(18-21-10-11-24-18)22-14-5-1-2-8-19-14/h1-11,16,23H,(H,19,22). The van der Waals surface area contributed by atoms with Gasteiger partial charge in [-0.2, -0.15) is 0 Å². The van der Waals surface area contributed by atoms with Crippen LogP contribution in [0.15, 0.2) is 66.4 Å². The highest BCUT2D eigenvalue weighted by molar-refractivity contribution is 7.09. The van der Waals surface area contributed by atoms with Crippen LogP contribution in [0.4, 0.5) is 5.82 Å². The minimum atomic E-state index is -0.300. The van der Waals surface area contributed by atoms with Crippen LogP contribution in [-0.4, -0.2) is 20.1 Å². The number of phenolic OH excluding ortho intramolecular Hbond substituents is 1. The van der Waals surface area contributed by atoms with Crippen molar-refractivity contribution in [2.24, 2.45) is 0 Å². The fraction of sp³-hybridized carbons (Fsp3) is 0.0556. The molecule has 0 bridgehead atoms. The van der Waals surface area contributed by atoms with Gasteiger partial charge in [-0.1, -0.05) is 24.3 Å². The third-order valence-corrected chi connectivity index (χ3v) is 4.59. The number of nitrogens with one attached hydrogen (secondary N) is 1. The summed E-state index contributed by atoms with van der Waals surface area (Å²) < 4.78 is 0. The third-order valence-electron chi connectivity index (χ3n) is 3.75. The maximum Gasteiger partial charge on any atom is 0.147 e. The second-order valence-electron chi connectivity index (χ2n) is 5.24. The Labute approximate surface area is 142 Å². The predicted octanol–water partition coefficient (Wildman–Crippen LogP) is 3.99. The molecule has 1 unspecified atom stereocenters. The van der Waals surface area contributed by atoms with Gasteiger partial charge in [-0.15, -0.1) is 11.3 Å². The summed E-state index contributed by atoms with van der Waals surface area (Å²) in [7, 11) is 0. The zero-order valence-corrected chi connectivity index (χ0v) is 13.4. The first kappa shape index (κ1) is 14.6. The number of anilines is 1. The molecule has 0 aliphatic carbocycles. The maximum absolute atomic E-state index is 10.8. The summed E-state index contributed by atoms with van der Waals surface area (Å²) in [6.07, 6.45) is 5.16. The van der Waals surface area contributed by atoms with E-state index in [4.69, 9.17) is 0 Å². The van der Waals surface area contributed by atoms with Gasteiger partial charge in [0.15, 0.2) is 0 Å². The first-order valence-corrected chi connectivity index (χ1v) is 8.34. The number of pyridine rings is 2. The van der Waals surface area contributed by atoms with Crippen LogP contribution in [0.5, 0.6) is 5.75 Å². The fourth-order valence-electron chi connectivity index (χ4n) is 2.62. The quantitative estimate of drug-likeness (QED) is 0.590. The van der Waals surface area contributed by atoms with Crippen LogP contribution in [0.25, 0.3) is 10.9 Å². The number of phenols is 1. The molecular weight excluding hydrogens is 320 g/mol. The highest BCUT2D eigenvalue weighted by atomic mass is 32.1. The SMILES string of the molecule is Oc1c(C(Nc2ccccn2)c2nccs2)ccc2cccnc12. The Bertz CT molecular complexity index is 957. The van der Waals surface area contributed by atoms with Gasteiger partial charge in [-0.3, -0.25) is 4.98 Å². The summed E-state index contributed by atoms with van der Waals surface area (Å²) in [5, 5.41) is 17.8. The molecule has 118 valence electrons. The van der Waals surface area contributed by atoms with Crippen LogP contribution in [0.2, 0.25) is 0 Å². The van der Waals surface area contributed by atoms with Gasteiger partial charge in [-0.25, -0.2) is 9.97 Å². The summed E-state index contributed by atoms with van der Waals surface area (Å²) >= 11 is 1.53. The van der Waals surface area contributed by atoms with Crippen molar-refractivity contribution < 1.29 is 5.11 Å². The Hall–Kier alpha value is -2.99. The molecule has 0 spiro atoms. The van der Waals surface area contributed by atoms with E-state index in [1.165, 1.54) is 11.3 Å². The highest BCUT2D eigenvalue weighted by Gasteiger charge is 2.22. The number of fused-ring (bicyclic) bond motifs is 1. The van der Waals surface area contributed by atoms with Crippen LogP contribution in [0, 0.1) is 0 Å². The van der Waals surface area contributed by atoms with Crippen molar-refractivity contribution in [3.05, 3.63) is 77.0 Å². The van der Waals surface area contributed by atoms with E-state index in [0.29, 0.717) is 5.52 Å². The van der Waals surface area contributed by atoms with Gasteiger partial charge in [0, 0.05) is 34.9 Å². The molecule has 0 amide bonds. The number of aromatic nitrogens is 3. The molecule has 1 aromatic carbocycles. The normalized spacial score (nSPS) is 12.2. The van der Waals surface area contributed by atoms with Crippen LogP contribution in [0.3, 0.4) is 0 Å². The molecule has 0 aliphatic heterocycles. The minimum absolute atomic E-state index is 0.164. The lowest BCUT2D eigenvalue weighted by Gasteiger charge is -2.19. The summed E-state index contributed by atoms with van der Waals surface area (Å²) in [6.45, 7) is 0. The van der Waals surface area contributed by atoms with E-state index >= 15 is 0 Å². The van der Waals surface area contributed by atoms with Gasteiger partial charge in [0.25, 0.3) is 0 Å². The summed E-state index contributed by atoms with van der Waals surface area (Å²) in [4.78, 5) is 13.0. The van der Waals surface area contributed by atoms with Gasteiger partial charge in [0.05, 0.1) is 0 Å². The van der Waals surface area contributed by atoms with E-state index in [2.05, 4.69) is 20.3 Å². The largest absolute Gasteiger partial charge is 0.505 e. The molecule has 4 rings (SSSR count). The van der Waals surface area contributed by atoms with E-state index in [1.807, 2.05) is 47.8 Å². The molecule has 0 saturated carbocycles. The fourth-order valence-corrected chi connectivity index (χ4v) is 3.33. The average Bonchev–Trinajstić information content (AvgIpc) is 3.16. The topological polar surface area (TPSA) is 70.9 Å². The molecule has 24 heavy (non-hydrogen) atoms. The lowest BCUT2D eigenvalue weighted by molar-refractivity contribution is 0.471. The molecule has 0 radical (unpaired) electrons. The van der Waals surface area contributed by atoms with Crippen molar-refractivity contribution in [2.75, 3.05) is 5.32 Å². The predicted molar refractivity (Wildman–Crippen MR) is 95.2 cm³/mol. The maximum atomic E-state index is 10.8. The van der Waals surface area contributed by atoms with Crippen molar-refractivity contribution in [3.63, 3.8) is 0 Å². The van der Waals surface area contributed by atoms with Crippen molar-refractivity contribution >= 4 is 28.1 Å². The minimum Gasteiger partial charge on any atom is -0.505 e. The molecule has 1 atom stereocenters. The Morgan fingerprint density at radius 3 is 2.62 bits per heavy atom. The number of thiazole rings is 1. The van der Waals surface area contributed by atoms with Gasteiger partial charge in [0.2, 0.25) is 0 Å². The first-order chi connectivity index (χ1) is 11.8. The summed E-state index contributed by atoms with van der Waals surface area (Å²) in [5.74, 6) is 0.884. The van der Waals surface area contributed by atoms with Crippen molar-refractivity contribution in [1.29, 1.82) is 0 Å². The Kier molecular flexibility index (Phi) is 3.80. The lowest BCUT2D eigenvalue weighted by Crippen LogP contribution is -2.13. The second-order valence-corrected chi connectivity index (χ2v) is 6.17. The van der Waals surface area contributed by atoms with E-state index < -0.39 is 0 Å². The lowest BCUT2D eigenvalue weighted by atomic mass is 10.0. The Morgan fingerprint density at radius 1 is 0.917 bits per heavy atom. The Morgan fingerprint density at radius 2 is 1.83 bits per heavy atom. The molecule has 0 fully saturated rings. The smallest absolute Gasteiger partial charge is 0.147 e. The van der Waals surface area contributed by atoms with Crippen molar-refractivity contribution in [3.8, 4) is 5.75 Å². The third kappa shape index (κ3) is 2.68. The van der Waals surface area contributed by atoms with Crippen molar-refractivity contribution in [1.82, 2.24) is 15.0 Å². The summed E-state index contributed by atoms with van der Waals surface area (Å²) in [5.41, 5.74) is 1.31. The second kappa shape index (κ2) is 6.25. The zero-order valence-electron chi connectivity index (χ0n) is 12.6. The van der Waals surface area contributed by atoms with E-state index in [0.717, 1.165) is 21.8 Å². The van der Waals surface area contributed by atoms with Gasteiger partial charge >= 0.3 is 0 Å². The monoisotopic (exact) mass is 334 g/mol. The number of benzene rings is 1. The average molecular weight is 334 g/mol. The number of hydrogen-bond donors (Lipinski definition) is 2. The molecule has 6 heteroatoms. The van der Waals surface area contributed by atoms with Gasteiger partial charge < -0.3 is 10.4 Å². The Balaban J connectivity index is 1.83. The van der Waals surface area contributed by atoms with E-state index in [1.54, 1.807) is 18.6 Å². The molecule has 0 saturated heterocycles. The van der Waals surface area contributed by atoms with Crippen LogP contribution >= 0.6 is 11.3 Å². The van der Waals surface area contributed by atoms with Gasteiger partial charge in [-0.05, 0) is 18.2 Å². The van der Waals surface area contributed by atoms with Gasteiger partial charge in [0.1, 0.15) is 28.1 Å². The number of hydrogen-bond acceptors (Lipinski definition) is 6. The number of nitrogens with zero attached hydrogens (tertiary/aromatic N) is 3. The molecule has 5 nitrogen and oxygen atoms in total. The molecule has 0 aliphatic rings. The van der Waals surface area contributed by atoms with Crippen LogP contribution < -0.4 is 5.32 Å². The molecule has 2 N–H and O–H groups in total. The summed E-state index contributed by atoms with van der Waals surface area (Å²) in [6, 6.07) is 13.0. The van der Waals surface area contributed by atoms with E-state index in [-0.39, 0.29) is 11.8 Å².